The number of rotatable bonds is 7. The molecule has 0 radical (unpaired) electrons. The van der Waals surface area contributed by atoms with Crippen LogP contribution in [0.15, 0.2) is 57.6 Å². The van der Waals surface area contributed by atoms with Crippen LogP contribution in [0.5, 0.6) is 0 Å². The Hall–Kier alpha value is -3.65. The van der Waals surface area contributed by atoms with Crippen LogP contribution < -0.4 is 10.2 Å². The van der Waals surface area contributed by atoms with Crippen molar-refractivity contribution in [3.8, 4) is 6.07 Å². The monoisotopic (exact) mass is 730 g/mol. The van der Waals surface area contributed by atoms with Gasteiger partial charge in [-0.3, -0.25) is 9.59 Å². The van der Waals surface area contributed by atoms with Gasteiger partial charge in [0, 0.05) is 27.3 Å². The minimum Gasteiger partial charge on any atom is -0.320 e. The minimum atomic E-state index is -6.39. The lowest BCUT2D eigenvalue weighted by molar-refractivity contribution is -0.348. The summed E-state index contributed by atoms with van der Waals surface area (Å²) in [5.41, 5.74) is -9.48. The van der Waals surface area contributed by atoms with Crippen molar-refractivity contribution < 1.29 is 49.1 Å². The zero-order chi connectivity index (χ0) is 31.6. The smallest absolute Gasteiger partial charge is 0.320 e. The van der Waals surface area contributed by atoms with E-state index in [9.17, 15) is 44.7 Å². The zero-order valence-corrected chi connectivity index (χ0v) is 23.5. The van der Waals surface area contributed by atoms with E-state index in [-0.39, 0.29) is 30.7 Å². The van der Waals surface area contributed by atoms with Gasteiger partial charge in [-0.2, -0.15) is 36.0 Å². The Morgan fingerprint density at radius 2 is 1.55 bits per heavy atom. The quantitative estimate of drug-likeness (QED) is 0.197. The van der Waals surface area contributed by atoms with Crippen LogP contribution in [0.25, 0.3) is 0 Å². The third-order valence-electron chi connectivity index (χ3n) is 5.64. The highest BCUT2D eigenvalue weighted by Gasteiger charge is 2.73. The Morgan fingerprint density at radius 3 is 2.05 bits per heavy atom. The fraction of sp³-hybridized carbons (Fsp3) is 0.200. The van der Waals surface area contributed by atoms with Gasteiger partial charge in [-0.1, -0.05) is 6.07 Å². The fourth-order valence-electron chi connectivity index (χ4n) is 3.62. The van der Waals surface area contributed by atoms with E-state index in [1.54, 1.807) is 6.07 Å². The molecule has 0 aliphatic rings. The summed E-state index contributed by atoms with van der Waals surface area (Å²) in [6, 6.07) is 7.21. The fourth-order valence-corrected chi connectivity index (χ4v) is 5.00. The van der Waals surface area contributed by atoms with Crippen molar-refractivity contribution in [2.75, 3.05) is 16.8 Å². The molecule has 0 saturated carbocycles. The molecule has 17 heteroatoms. The standard InChI is InChI=1S/C25H13Br2F9N4O2/c26-15-9-13(23(30,24(31,32)33)25(34,35)36)10-16(27)20(15)39-21(41)14-3-1-4-17(19(14)29)40(8-2-7-37)22(42)12-5-6-18(28)38-11-12/h1,3-6,9-11H,2,8H2,(H,39,41). The number of carbonyl (C=O) groups excluding carboxylic acids is 2. The second-order valence-corrected chi connectivity index (χ2v) is 10.0. The molecule has 1 heterocycles. The number of aromatic nitrogens is 1. The van der Waals surface area contributed by atoms with Gasteiger partial charge in [-0.15, -0.1) is 0 Å². The molecule has 0 spiro atoms. The number of amides is 2. The van der Waals surface area contributed by atoms with E-state index in [1.807, 2.05) is 0 Å². The summed E-state index contributed by atoms with van der Waals surface area (Å²) in [7, 11) is 0. The van der Waals surface area contributed by atoms with Crippen LogP contribution in [0.2, 0.25) is 0 Å². The number of pyridine rings is 1. The van der Waals surface area contributed by atoms with E-state index in [1.165, 1.54) is 0 Å². The Labute approximate surface area is 247 Å². The highest BCUT2D eigenvalue weighted by molar-refractivity contribution is 9.11. The Kier molecular flexibility index (Phi) is 9.62. The maximum atomic E-state index is 15.6. The average molecular weight is 732 g/mol. The molecule has 42 heavy (non-hydrogen) atoms. The van der Waals surface area contributed by atoms with Crippen LogP contribution in [0, 0.1) is 23.1 Å². The summed E-state index contributed by atoms with van der Waals surface area (Å²) < 4.78 is 121. The van der Waals surface area contributed by atoms with E-state index in [4.69, 9.17) is 5.26 Å². The third kappa shape index (κ3) is 6.38. The Morgan fingerprint density at radius 1 is 0.952 bits per heavy atom. The van der Waals surface area contributed by atoms with Crippen molar-refractivity contribution in [3.05, 3.63) is 86.1 Å². The predicted octanol–water partition coefficient (Wildman–Crippen LogP) is 7.99. The van der Waals surface area contributed by atoms with Crippen molar-refractivity contribution in [2.45, 2.75) is 24.4 Å². The number of anilines is 2. The van der Waals surface area contributed by atoms with Gasteiger partial charge in [0.25, 0.3) is 11.8 Å². The molecular formula is C25H13Br2F9N4O2. The first-order valence-electron chi connectivity index (χ1n) is 11.2. The summed E-state index contributed by atoms with van der Waals surface area (Å²) in [6.45, 7) is -0.364. The Balaban J connectivity index is 2.01. The zero-order valence-electron chi connectivity index (χ0n) is 20.3. The predicted molar refractivity (Wildman–Crippen MR) is 137 cm³/mol. The van der Waals surface area contributed by atoms with E-state index in [0.29, 0.717) is 0 Å². The molecule has 0 fully saturated rings. The summed E-state index contributed by atoms with van der Waals surface area (Å²) >= 11 is 5.41. The molecule has 6 nitrogen and oxygen atoms in total. The van der Waals surface area contributed by atoms with Gasteiger partial charge in [0.1, 0.15) is 0 Å². The summed E-state index contributed by atoms with van der Waals surface area (Å²) in [5.74, 6) is -4.37. The molecule has 3 rings (SSSR count). The topological polar surface area (TPSA) is 86.1 Å². The van der Waals surface area contributed by atoms with Gasteiger partial charge in [0.15, 0.2) is 5.82 Å². The molecule has 0 atom stereocenters. The average Bonchev–Trinajstić information content (AvgIpc) is 2.90. The molecule has 0 aliphatic carbocycles. The molecule has 3 aromatic rings. The summed E-state index contributed by atoms with van der Waals surface area (Å²) in [4.78, 5) is 30.1. The normalized spacial score (nSPS) is 12.0. The maximum Gasteiger partial charge on any atom is 0.435 e. The van der Waals surface area contributed by atoms with Gasteiger partial charge in [0.2, 0.25) is 5.95 Å². The van der Waals surface area contributed by atoms with Crippen LogP contribution in [-0.2, 0) is 5.67 Å². The molecule has 222 valence electrons. The molecule has 1 aromatic heterocycles. The van der Waals surface area contributed by atoms with Crippen LogP contribution in [-0.4, -0.2) is 35.7 Å². The van der Waals surface area contributed by atoms with Crippen LogP contribution >= 0.6 is 31.9 Å². The van der Waals surface area contributed by atoms with Crippen LogP contribution in [0.4, 0.5) is 50.9 Å². The number of alkyl halides is 7. The van der Waals surface area contributed by atoms with E-state index >= 15 is 4.39 Å². The van der Waals surface area contributed by atoms with E-state index < -0.39 is 73.0 Å². The first kappa shape index (κ1) is 32.9. The van der Waals surface area contributed by atoms with Gasteiger partial charge in [-0.05, 0) is 68.3 Å². The number of hydrogen-bond donors (Lipinski definition) is 1. The van der Waals surface area contributed by atoms with E-state index in [0.717, 1.165) is 41.4 Å². The number of halogens is 11. The van der Waals surface area contributed by atoms with Gasteiger partial charge < -0.3 is 10.2 Å². The lowest BCUT2D eigenvalue weighted by atomic mass is 9.94. The summed E-state index contributed by atoms with van der Waals surface area (Å²) in [6.07, 6.45) is -12.2. The van der Waals surface area contributed by atoms with Crippen molar-refractivity contribution in [1.82, 2.24) is 4.98 Å². The molecule has 1 N–H and O–H groups in total. The second-order valence-electron chi connectivity index (χ2n) is 8.30. The highest BCUT2D eigenvalue weighted by atomic mass is 79.9. The van der Waals surface area contributed by atoms with Gasteiger partial charge in [0.05, 0.1) is 35.0 Å². The lowest BCUT2D eigenvalue weighted by Gasteiger charge is -2.31. The first-order chi connectivity index (χ1) is 19.4. The second kappa shape index (κ2) is 12.3. The van der Waals surface area contributed by atoms with Crippen LogP contribution in [0.3, 0.4) is 0 Å². The first-order valence-corrected chi connectivity index (χ1v) is 12.7. The molecule has 0 aliphatic heterocycles. The highest BCUT2D eigenvalue weighted by Crippen LogP contribution is 2.54. The lowest BCUT2D eigenvalue weighted by Crippen LogP contribution is -2.50. The third-order valence-corrected chi connectivity index (χ3v) is 6.89. The molecule has 2 aromatic carbocycles. The van der Waals surface area contributed by atoms with Gasteiger partial charge in [-0.25, -0.2) is 13.8 Å². The molecule has 2 amide bonds. The number of benzene rings is 2. The largest absolute Gasteiger partial charge is 0.435 e. The van der Waals surface area contributed by atoms with Crippen LogP contribution in [0.1, 0.15) is 32.7 Å². The van der Waals surface area contributed by atoms with Crippen molar-refractivity contribution in [1.29, 1.82) is 5.26 Å². The maximum absolute atomic E-state index is 15.6. The van der Waals surface area contributed by atoms with Crippen molar-refractivity contribution >= 4 is 55.0 Å². The number of nitrogens with one attached hydrogen (secondary N) is 1. The van der Waals surface area contributed by atoms with Crippen molar-refractivity contribution in [3.63, 3.8) is 0 Å². The van der Waals surface area contributed by atoms with Gasteiger partial charge >= 0.3 is 18.0 Å². The molecule has 0 saturated heterocycles. The number of nitrogens with zero attached hydrogens (tertiary/aromatic N) is 3. The molecule has 0 unspecified atom stereocenters. The SMILES string of the molecule is N#CCCN(C(=O)c1ccc(F)nc1)c1cccc(C(=O)Nc2c(Br)cc(C(F)(C(F)(F)F)C(F)(F)F)cc2Br)c1F. The minimum absolute atomic E-state index is 0.160. The number of nitriles is 1. The Bertz CT molecular complexity index is 1520. The van der Waals surface area contributed by atoms with Crippen molar-refractivity contribution in [2.24, 2.45) is 0 Å². The molecule has 0 bridgehead atoms. The number of hydrogen-bond acceptors (Lipinski definition) is 4. The number of carbonyl (C=O) groups is 2. The summed E-state index contributed by atoms with van der Waals surface area (Å²) in [5, 5.41) is 11.1. The van der Waals surface area contributed by atoms with E-state index in [2.05, 4.69) is 42.2 Å². The molecular weight excluding hydrogens is 719 g/mol.